The molecule has 1 aromatic carbocycles. The predicted octanol–water partition coefficient (Wildman–Crippen LogP) is 0.976. The second-order valence-corrected chi connectivity index (χ2v) is 7.72. The Morgan fingerprint density at radius 3 is 2.52 bits per heavy atom. The minimum atomic E-state index is -3.04. The predicted molar refractivity (Wildman–Crippen MR) is 85.0 cm³/mol. The summed E-state index contributed by atoms with van der Waals surface area (Å²) in [4.78, 5) is 12.3. The fourth-order valence-electron chi connectivity index (χ4n) is 2.39. The lowest BCUT2D eigenvalue weighted by Crippen LogP contribution is -2.54. The zero-order chi connectivity index (χ0) is 14.8. The maximum atomic E-state index is 12.3. The van der Waals surface area contributed by atoms with Crippen molar-refractivity contribution in [1.29, 1.82) is 0 Å². The smallest absolute Gasteiger partial charge is 0.244 e. The highest BCUT2D eigenvalue weighted by Gasteiger charge is 2.34. The third kappa shape index (κ3) is 4.43. The molecule has 5 nitrogen and oxygen atoms in total. The van der Waals surface area contributed by atoms with Crippen LogP contribution in [0.4, 0.5) is 0 Å². The molecule has 1 aliphatic heterocycles. The molecule has 118 valence electrons. The van der Waals surface area contributed by atoms with E-state index in [-0.39, 0.29) is 35.9 Å². The number of rotatable bonds is 3. The van der Waals surface area contributed by atoms with Gasteiger partial charge in [-0.05, 0) is 25.3 Å². The third-order valence-electron chi connectivity index (χ3n) is 3.64. The number of sulfone groups is 1. The molecule has 2 atom stereocenters. The normalized spacial score (nSPS) is 23.4. The molecule has 0 spiro atoms. The van der Waals surface area contributed by atoms with Crippen LogP contribution in [0, 0.1) is 0 Å². The number of carbonyl (C=O) groups excluding carboxylic acids is 1. The summed E-state index contributed by atoms with van der Waals surface area (Å²) in [5, 5.41) is 2.77. The van der Waals surface area contributed by atoms with Crippen molar-refractivity contribution in [1.82, 2.24) is 5.32 Å². The van der Waals surface area contributed by atoms with E-state index < -0.39 is 15.4 Å². The second-order valence-electron chi connectivity index (χ2n) is 5.50. The summed E-state index contributed by atoms with van der Waals surface area (Å²) in [7, 11) is -3.04. The highest BCUT2D eigenvalue weighted by atomic mass is 35.5. The van der Waals surface area contributed by atoms with Crippen LogP contribution in [0.3, 0.4) is 0 Å². The lowest BCUT2D eigenvalue weighted by Gasteiger charge is -2.29. The van der Waals surface area contributed by atoms with Crippen molar-refractivity contribution in [3.63, 3.8) is 0 Å². The average Bonchev–Trinajstić information content (AvgIpc) is 2.38. The van der Waals surface area contributed by atoms with Crippen LogP contribution in [0.1, 0.15) is 25.3 Å². The fourth-order valence-corrected chi connectivity index (χ4v) is 4.02. The molecule has 0 aliphatic carbocycles. The summed E-state index contributed by atoms with van der Waals surface area (Å²) < 4.78 is 23.2. The Labute approximate surface area is 131 Å². The topological polar surface area (TPSA) is 89.3 Å². The Kier molecular flexibility index (Phi) is 5.78. The Balaban J connectivity index is 0.00000220. The number of amides is 1. The number of hydrogen-bond acceptors (Lipinski definition) is 4. The van der Waals surface area contributed by atoms with Gasteiger partial charge in [-0.2, -0.15) is 0 Å². The minimum absolute atomic E-state index is 0. The van der Waals surface area contributed by atoms with Gasteiger partial charge < -0.3 is 11.1 Å². The van der Waals surface area contributed by atoms with Gasteiger partial charge in [0, 0.05) is 6.04 Å². The summed E-state index contributed by atoms with van der Waals surface area (Å²) in [5.74, 6) is -0.132. The zero-order valence-electron chi connectivity index (χ0n) is 11.9. The van der Waals surface area contributed by atoms with Crippen LogP contribution in [0.5, 0.6) is 0 Å². The average molecular weight is 333 g/mol. The van der Waals surface area contributed by atoms with Gasteiger partial charge in [0.2, 0.25) is 5.91 Å². The van der Waals surface area contributed by atoms with Crippen LogP contribution in [0.2, 0.25) is 0 Å². The molecule has 1 fully saturated rings. The molecule has 1 aliphatic rings. The number of hydrogen-bond donors (Lipinski definition) is 2. The van der Waals surface area contributed by atoms with Crippen molar-refractivity contribution in [3.8, 4) is 0 Å². The van der Waals surface area contributed by atoms with E-state index in [0.717, 1.165) is 0 Å². The number of benzene rings is 1. The van der Waals surface area contributed by atoms with Crippen LogP contribution in [0.15, 0.2) is 30.3 Å². The van der Waals surface area contributed by atoms with Gasteiger partial charge in [-0.3, -0.25) is 4.79 Å². The monoisotopic (exact) mass is 332 g/mol. The number of nitrogens with one attached hydrogen (secondary N) is 1. The van der Waals surface area contributed by atoms with Gasteiger partial charge in [0.25, 0.3) is 0 Å². The van der Waals surface area contributed by atoms with Gasteiger partial charge in [0.05, 0.1) is 11.5 Å². The van der Waals surface area contributed by atoms with Gasteiger partial charge in [0.1, 0.15) is 5.54 Å². The highest BCUT2D eigenvalue weighted by molar-refractivity contribution is 7.91. The molecule has 1 aromatic rings. The summed E-state index contributed by atoms with van der Waals surface area (Å²) >= 11 is 0. The first-order chi connectivity index (χ1) is 9.31. The molecule has 0 bridgehead atoms. The summed E-state index contributed by atoms with van der Waals surface area (Å²) in [5.41, 5.74) is 5.65. The van der Waals surface area contributed by atoms with Crippen molar-refractivity contribution in [2.45, 2.75) is 31.3 Å². The van der Waals surface area contributed by atoms with Crippen molar-refractivity contribution in [2.75, 3.05) is 11.5 Å². The maximum absolute atomic E-state index is 12.3. The van der Waals surface area contributed by atoms with Crippen LogP contribution in [-0.4, -0.2) is 31.9 Å². The van der Waals surface area contributed by atoms with Crippen LogP contribution >= 0.6 is 12.4 Å². The van der Waals surface area contributed by atoms with Crippen molar-refractivity contribution in [2.24, 2.45) is 5.73 Å². The van der Waals surface area contributed by atoms with E-state index in [1.54, 1.807) is 19.1 Å². The van der Waals surface area contributed by atoms with Crippen LogP contribution in [-0.2, 0) is 20.2 Å². The van der Waals surface area contributed by atoms with Crippen molar-refractivity contribution >= 4 is 28.2 Å². The second kappa shape index (κ2) is 6.77. The zero-order valence-corrected chi connectivity index (χ0v) is 13.5. The quantitative estimate of drug-likeness (QED) is 0.863. The molecular formula is C14H21ClN2O3S. The largest absolute Gasteiger partial charge is 0.350 e. The van der Waals surface area contributed by atoms with E-state index in [2.05, 4.69) is 5.32 Å². The molecule has 2 unspecified atom stereocenters. The first-order valence-corrected chi connectivity index (χ1v) is 8.49. The highest BCUT2D eigenvalue weighted by Crippen LogP contribution is 2.19. The molecule has 7 heteroatoms. The molecular weight excluding hydrogens is 312 g/mol. The van der Waals surface area contributed by atoms with E-state index in [1.165, 1.54) is 0 Å². The van der Waals surface area contributed by atoms with Crippen LogP contribution < -0.4 is 11.1 Å². The molecule has 2 rings (SSSR count). The Morgan fingerprint density at radius 1 is 1.33 bits per heavy atom. The van der Waals surface area contributed by atoms with Gasteiger partial charge >= 0.3 is 0 Å². The van der Waals surface area contributed by atoms with Gasteiger partial charge in [0.15, 0.2) is 9.84 Å². The minimum Gasteiger partial charge on any atom is -0.350 e. The third-order valence-corrected chi connectivity index (χ3v) is 5.46. The van der Waals surface area contributed by atoms with Gasteiger partial charge in [-0.25, -0.2) is 8.42 Å². The first kappa shape index (κ1) is 17.9. The molecule has 3 N–H and O–H groups in total. The molecule has 1 saturated heterocycles. The Bertz CT molecular complexity index is 587. The molecule has 0 radical (unpaired) electrons. The van der Waals surface area contributed by atoms with E-state index in [1.807, 2.05) is 18.2 Å². The summed E-state index contributed by atoms with van der Waals surface area (Å²) in [6, 6.07) is 8.73. The molecule has 1 heterocycles. The SMILES string of the molecule is CC(N)(C(=O)NC1CCCS(=O)(=O)C1)c1ccccc1.Cl. The summed E-state index contributed by atoms with van der Waals surface area (Å²) in [6.07, 6.45) is 1.26. The molecule has 1 amide bonds. The Hall–Kier alpha value is -1.11. The molecule has 21 heavy (non-hydrogen) atoms. The maximum Gasteiger partial charge on any atom is 0.244 e. The summed E-state index contributed by atoms with van der Waals surface area (Å²) in [6.45, 7) is 1.63. The number of nitrogens with two attached hydrogens (primary N) is 1. The van der Waals surface area contributed by atoms with E-state index in [0.29, 0.717) is 18.4 Å². The lowest BCUT2D eigenvalue weighted by atomic mass is 9.92. The standard InChI is InChI=1S/C14H20N2O3S.ClH/c1-14(15,11-6-3-2-4-7-11)13(17)16-12-8-5-9-20(18,19)10-12;/h2-4,6-7,12H,5,8-10,15H2,1H3,(H,16,17);1H. The van der Waals surface area contributed by atoms with E-state index in [4.69, 9.17) is 5.73 Å². The first-order valence-electron chi connectivity index (χ1n) is 6.67. The molecule has 0 saturated carbocycles. The Morgan fingerprint density at radius 2 is 1.95 bits per heavy atom. The van der Waals surface area contributed by atoms with Crippen LogP contribution in [0.25, 0.3) is 0 Å². The van der Waals surface area contributed by atoms with Crippen molar-refractivity contribution < 1.29 is 13.2 Å². The van der Waals surface area contributed by atoms with Gasteiger partial charge in [-0.1, -0.05) is 30.3 Å². The fraction of sp³-hybridized carbons (Fsp3) is 0.500. The number of carbonyl (C=O) groups is 1. The van der Waals surface area contributed by atoms with Crippen molar-refractivity contribution in [3.05, 3.63) is 35.9 Å². The number of halogens is 1. The van der Waals surface area contributed by atoms with Gasteiger partial charge in [-0.15, -0.1) is 12.4 Å². The molecule has 0 aromatic heterocycles. The lowest BCUT2D eigenvalue weighted by molar-refractivity contribution is -0.126. The van der Waals surface area contributed by atoms with E-state index >= 15 is 0 Å². The van der Waals surface area contributed by atoms with E-state index in [9.17, 15) is 13.2 Å².